The van der Waals surface area contributed by atoms with E-state index in [1.165, 1.54) is 0 Å². The average Bonchev–Trinajstić information content (AvgIpc) is 3.00. The highest BCUT2D eigenvalue weighted by atomic mass is 16.5. The summed E-state index contributed by atoms with van der Waals surface area (Å²) in [4.78, 5) is 13.8. The molecule has 0 aromatic carbocycles. The van der Waals surface area contributed by atoms with E-state index in [-0.39, 0.29) is 18.6 Å². The fraction of sp³-hybridized carbons (Fsp3) is 0.900. The third-order valence-electron chi connectivity index (χ3n) is 2.82. The first kappa shape index (κ1) is 9.93. The predicted octanol–water partition coefficient (Wildman–Crippen LogP) is 0.149. The molecule has 1 saturated heterocycles. The van der Waals surface area contributed by atoms with Gasteiger partial charge in [-0.15, -0.1) is 0 Å². The molecule has 2 rings (SSSR count). The Labute approximate surface area is 83.8 Å². The molecule has 80 valence electrons. The predicted molar refractivity (Wildman–Crippen MR) is 50.8 cm³/mol. The Bertz CT molecular complexity index is 215. The van der Waals surface area contributed by atoms with Crippen LogP contribution in [0.5, 0.6) is 0 Å². The molecule has 2 aliphatic rings. The second kappa shape index (κ2) is 4.28. The van der Waals surface area contributed by atoms with Crippen LogP contribution in [0.25, 0.3) is 0 Å². The fourth-order valence-corrected chi connectivity index (χ4v) is 1.89. The van der Waals surface area contributed by atoms with Crippen molar-refractivity contribution in [2.24, 2.45) is 0 Å². The molecule has 2 fully saturated rings. The lowest BCUT2D eigenvalue weighted by Crippen LogP contribution is -2.48. The van der Waals surface area contributed by atoms with Crippen LogP contribution in [0.3, 0.4) is 0 Å². The molecule has 1 amide bonds. The standard InChI is InChI=1S/C10H17NO3/c12-6-1-2-9-10(13)11(5-7-14-9)8-3-4-8/h8-9,12H,1-7H2. The van der Waals surface area contributed by atoms with Gasteiger partial charge in [0.25, 0.3) is 5.91 Å². The minimum absolute atomic E-state index is 0.132. The number of aliphatic hydroxyl groups is 1. The molecule has 4 nitrogen and oxygen atoms in total. The number of hydrogen-bond donors (Lipinski definition) is 1. The van der Waals surface area contributed by atoms with Crippen LogP contribution in [-0.4, -0.2) is 47.8 Å². The molecule has 1 atom stereocenters. The topological polar surface area (TPSA) is 49.8 Å². The second-order valence-corrected chi connectivity index (χ2v) is 3.99. The van der Waals surface area contributed by atoms with Gasteiger partial charge < -0.3 is 14.7 Å². The highest BCUT2D eigenvalue weighted by Crippen LogP contribution is 2.29. The van der Waals surface area contributed by atoms with Crippen molar-refractivity contribution in [3.63, 3.8) is 0 Å². The van der Waals surface area contributed by atoms with Crippen molar-refractivity contribution < 1.29 is 14.6 Å². The zero-order valence-electron chi connectivity index (χ0n) is 8.32. The van der Waals surface area contributed by atoms with Crippen molar-refractivity contribution in [2.45, 2.75) is 37.8 Å². The molecular weight excluding hydrogens is 182 g/mol. The molecule has 0 bridgehead atoms. The van der Waals surface area contributed by atoms with Crippen LogP contribution in [-0.2, 0) is 9.53 Å². The second-order valence-electron chi connectivity index (χ2n) is 3.99. The van der Waals surface area contributed by atoms with Gasteiger partial charge in [0.2, 0.25) is 0 Å². The molecule has 0 aromatic rings. The van der Waals surface area contributed by atoms with Crippen LogP contribution in [0.15, 0.2) is 0 Å². The lowest BCUT2D eigenvalue weighted by atomic mass is 10.1. The van der Waals surface area contributed by atoms with Crippen molar-refractivity contribution in [1.82, 2.24) is 4.90 Å². The molecule has 0 radical (unpaired) electrons. The molecule has 1 aliphatic carbocycles. The summed E-state index contributed by atoms with van der Waals surface area (Å²) < 4.78 is 5.40. The minimum atomic E-state index is -0.295. The number of aliphatic hydroxyl groups excluding tert-OH is 1. The molecule has 14 heavy (non-hydrogen) atoms. The van der Waals surface area contributed by atoms with E-state index in [9.17, 15) is 4.79 Å². The Morgan fingerprint density at radius 3 is 2.93 bits per heavy atom. The lowest BCUT2D eigenvalue weighted by molar-refractivity contribution is -0.154. The fourth-order valence-electron chi connectivity index (χ4n) is 1.89. The minimum Gasteiger partial charge on any atom is -0.396 e. The van der Waals surface area contributed by atoms with Gasteiger partial charge in [0, 0.05) is 19.2 Å². The summed E-state index contributed by atoms with van der Waals surface area (Å²) in [6.07, 6.45) is 3.31. The average molecular weight is 199 g/mol. The van der Waals surface area contributed by atoms with Crippen molar-refractivity contribution in [1.29, 1.82) is 0 Å². The van der Waals surface area contributed by atoms with E-state index in [2.05, 4.69) is 0 Å². The first-order chi connectivity index (χ1) is 6.83. The van der Waals surface area contributed by atoms with Gasteiger partial charge in [-0.05, 0) is 25.7 Å². The molecular formula is C10H17NO3. The van der Waals surface area contributed by atoms with Crippen molar-refractivity contribution in [2.75, 3.05) is 19.8 Å². The number of morpholine rings is 1. The summed E-state index contributed by atoms with van der Waals surface area (Å²) in [6, 6.07) is 0.489. The molecule has 1 aliphatic heterocycles. The van der Waals surface area contributed by atoms with Crippen LogP contribution < -0.4 is 0 Å². The van der Waals surface area contributed by atoms with Gasteiger partial charge in [0.15, 0.2) is 0 Å². The van der Waals surface area contributed by atoms with Crippen molar-refractivity contribution in [3.05, 3.63) is 0 Å². The van der Waals surface area contributed by atoms with Gasteiger partial charge in [0.05, 0.1) is 6.61 Å². The van der Waals surface area contributed by atoms with Crippen LogP contribution >= 0.6 is 0 Å². The summed E-state index contributed by atoms with van der Waals surface area (Å²) in [5.74, 6) is 0.132. The van der Waals surface area contributed by atoms with E-state index in [0.29, 0.717) is 25.5 Å². The molecule has 4 heteroatoms. The maximum atomic E-state index is 11.8. The van der Waals surface area contributed by atoms with Gasteiger partial charge in [0.1, 0.15) is 6.10 Å². The van der Waals surface area contributed by atoms with Crippen LogP contribution in [0.1, 0.15) is 25.7 Å². The number of rotatable bonds is 4. The zero-order chi connectivity index (χ0) is 9.97. The van der Waals surface area contributed by atoms with E-state index in [0.717, 1.165) is 19.4 Å². The van der Waals surface area contributed by atoms with Gasteiger partial charge in [-0.3, -0.25) is 4.79 Å². The van der Waals surface area contributed by atoms with E-state index < -0.39 is 0 Å². The van der Waals surface area contributed by atoms with Crippen molar-refractivity contribution >= 4 is 5.91 Å². The third-order valence-corrected chi connectivity index (χ3v) is 2.82. The molecule has 0 spiro atoms. The molecule has 1 heterocycles. The summed E-state index contributed by atoms with van der Waals surface area (Å²) >= 11 is 0. The van der Waals surface area contributed by atoms with Gasteiger partial charge in [-0.1, -0.05) is 0 Å². The first-order valence-electron chi connectivity index (χ1n) is 5.36. The maximum absolute atomic E-state index is 11.8. The molecule has 1 saturated carbocycles. The zero-order valence-corrected chi connectivity index (χ0v) is 8.32. The van der Waals surface area contributed by atoms with Crippen molar-refractivity contribution in [3.8, 4) is 0 Å². The first-order valence-corrected chi connectivity index (χ1v) is 5.36. The summed E-state index contributed by atoms with van der Waals surface area (Å²) in [6.45, 7) is 1.54. The lowest BCUT2D eigenvalue weighted by Gasteiger charge is -2.32. The third kappa shape index (κ3) is 2.07. The molecule has 1 N–H and O–H groups in total. The Kier molecular flexibility index (Phi) is 3.03. The maximum Gasteiger partial charge on any atom is 0.252 e. The number of amides is 1. The Balaban J connectivity index is 1.87. The van der Waals surface area contributed by atoms with E-state index in [1.807, 2.05) is 4.90 Å². The van der Waals surface area contributed by atoms with E-state index >= 15 is 0 Å². The van der Waals surface area contributed by atoms with Crippen LogP contribution in [0.4, 0.5) is 0 Å². The quantitative estimate of drug-likeness (QED) is 0.701. The number of ether oxygens (including phenoxy) is 1. The molecule has 0 aromatic heterocycles. The van der Waals surface area contributed by atoms with Gasteiger partial charge in [-0.2, -0.15) is 0 Å². The number of carbonyl (C=O) groups is 1. The number of nitrogens with zero attached hydrogens (tertiary/aromatic N) is 1. The number of carbonyl (C=O) groups excluding carboxylic acids is 1. The monoisotopic (exact) mass is 199 g/mol. The highest BCUT2D eigenvalue weighted by Gasteiger charge is 2.38. The summed E-state index contributed by atoms with van der Waals surface area (Å²) in [7, 11) is 0. The Hall–Kier alpha value is -0.610. The van der Waals surface area contributed by atoms with E-state index in [4.69, 9.17) is 9.84 Å². The number of hydrogen-bond acceptors (Lipinski definition) is 3. The highest BCUT2D eigenvalue weighted by molar-refractivity contribution is 5.82. The summed E-state index contributed by atoms with van der Waals surface area (Å²) in [5.41, 5.74) is 0. The normalized spacial score (nSPS) is 28.2. The Morgan fingerprint density at radius 1 is 1.50 bits per heavy atom. The van der Waals surface area contributed by atoms with Gasteiger partial charge in [-0.25, -0.2) is 0 Å². The smallest absolute Gasteiger partial charge is 0.252 e. The SMILES string of the molecule is O=C1C(CCCO)OCCN1C1CC1. The Morgan fingerprint density at radius 2 is 2.29 bits per heavy atom. The largest absolute Gasteiger partial charge is 0.396 e. The van der Waals surface area contributed by atoms with Crippen LogP contribution in [0.2, 0.25) is 0 Å². The summed E-state index contributed by atoms with van der Waals surface area (Å²) in [5, 5.41) is 8.69. The van der Waals surface area contributed by atoms with Crippen LogP contribution in [0, 0.1) is 0 Å². The van der Waals surface area contributed by atoms with Gasteiger partial charge >= 0.3 is 0 Å². The molecule has 1 unspecified atom stereocenters. The van der Waals surface area contributed by atoms with E-state index in [1.54, 1.807) is 0 Å².